The van der Waals surface area contributed by atoms with Crippen LogP contribution in [-0.2, 0) is 6.54 Å². The van der Waals surface area contributed by atoms with Gasteiger partial charge in [0.25, 0.3) is 0 Å². The predicted octanol–water partition coefficient (Wildman–Crippen LogP) is 4.67. The molecule has 2 aromatic heterocycles. The third kappa shape index (κ3) is 3.18. The van der Waals surface area contributed by atoms with Gasteiger partial charge in [-0.3, -0.25) is 0 Å². The number of nitrogens with one attached hydrogen (secondary N) is 1. The number of thiophene rings is 2. The van der Waals surface area contributed by atoms with Crippen molar-refractivity contribution >= 4 is 22.7 Å². The van der Waals surface area contributed by atoms with E-state index < -0.39 is 0 Å². The van der Waals surface area contributed by atoms with Crippen LogP contribution < -0.4 is 5.32 Å². The van der Waals surface area contributed by atoms with Gasteiger partial charge in [0, 0.05) is 27.2 Å². The molecule has 2 aromatic rings. The third-order valence-electron chi connectivity index (χ3n) is 2.98. The van der Waals surface area contributed by atoms with Gasteiger partial charge in [0.15, 0.2) is 0 Å². The molecule has 17 heavy (non-hydrogen) atoms. The highest BCUT2D eigenvalue weighted by atomic mass is 32.1. The van der Waals surface area contributed by atoms with Gasteiger partial charge in [-0.05, 0) is 43.3 Å². The van der Waals surface area contributed by atoms with Crippen molar-refractivity contribution in [2.45, 2.75) is 39.8 Å². The first-order valence-corrected chi connectivity index (χ1v) is 7.73. The van der Waals surface area contributed by atoms with Crippen LogP contribution in [0.4, 0.5) is 0 Å². The first-order chi connectivity index (χ1) is 8.20. The number of hydrogen-bond donors (Lipinski definition) is 1. The van der Waals surface area contributed by atoms with Crippen LogP contribution in [0.25, 0.3) is 0 Å². The minimum atomic E-state index is 0.495. The lowest BCUT2D eigenvalue weighted by molar-refractivity contribution is 0.526. The summed E-state index contributed by atoms with van der Waals surface area (Å²) < 4.78 is 0. The minimum Gasteiger partial charge on any atom is -0.305 e. The number of aryl methyl sites for hydroxylation is 2. The predicted molar refractivity (Wildman–Crippen MR) is 78.0 cm³/mol. The Kier molecular flexibility index (Phi) is 4.37. The van der Waals surface area contributed by atoms with Crippen molar-refractivity contribution in [3.8, 4) is 0 Å². The lowest BCUT2D eigenvalue weighted by atomic mass is 10.1. The fourth-order valence-electron chi connectivity index (χ4n) is 2.03. The van der Waals surface area contributed by atoms with Crippen molar-refractivity contribution in [3.63, 3.8) is 0 Å². The van der Waals surface area contributed by atoms with E-state index in [4.69, 9.17) is 0 Å². The van der Waals surface area contributed by atoms with Crippen LogP contribution in [0.2, 0.25) is 0 Å². The Morgan fingerprint density at radius 3 is 2.71 bits per heavy atom. The van der Waals surface area contributed by atoms with Gasteiger partial charge in [-0.2, -0.15) is 0 Å². The quantitative estimate of drug-likeness (QED) is 0.828. The molecule has 2 heterocycles. The Bertz CT molecular complexity index is 457. The second kappa shape index (κ2) is 5.80. The first kappa shape index (κ1) is 12.8. The summed E-state index contributed by atoms with van der Waals surface area (Å²) in [6.07, 6.45) is 1.14. The largest absolute Gasteiger partial charge is 0.305 e. The standard InChI is InChI=1S/C14H19NS2/c1-4-13(14-6-5-7-16-14)15-9-12-8-10(2)17-11(12)3/h5-8,13,15H,4,9H2,1-3H3. The van der Waals surface area contributed by atoms with Crippen molar-refractivity contribution in [1.29, 1.82) is 0 Å². The Hall–Kier alpha value is -0.640. The molecule has 1 atom stereocenters. The summed E-state index contributed by atoms with van der Waals surface area (Å²) in [7, 11) is 0. The van der Waals surface area contributed by atoms with Crippen LogP contribution in [0, 0.1) is 13.8 Å². The maximum Gasteiger partial charge on any atom is 0.0414 e. The molecule has 1 N–H and O–H groups in total. The molecule has 1 unspecified atom stereocenters. The van der Waals surface area contributed by atoms with E-state index in [0.717, 1.165) is 13.0 Å². The zero-order valence-corrected chi connectivity index (χ0v) is 12.3. The Morgan fingerprint density at radius 2 is 2.18 bits per heavy atom. The highest BCUT2D eigenvalue weighted by Crippen LogP contribution is 2.24. The van der Waals surface area contributed by atoms with Crippen LogP contribution in [-0.4, -0.2) is 0 Å². The lowest BCUT2D eigenvalue weighted by Gasteiger charge is -2.15. The van der Waals surface area contributed by atoms with Gasteiger partial charge >= 0.3 is 0 Å². The Labute approximate surface area is 112 Å². The van der Waals surface area contributed by atoms with Gasteiger partial charge in [-0.25, -0.2) is 0 Å². The zero-order valence-electron chi connectivity index (χ0n) is 10.6. The van der Waals surface area contributed by atoms with Gasteiger partial charge in [0.1, 0.15) is 0 Å². The number of rotatable bonds is 5. The van der Waals surface area contributed by atoms with Crippen molar-refractivity contribution < 1.29 is 0 Å². The lowest BCUT2D eigenvalue weighted by Crippen LogP contribution is -2.19. The van der Waals surface area contributed by atoms with E-state index in [0.29, 0.717) is 6.04 Å². The fraction of sp³-hybridized carbons (Fsp3) is 0.429. The molecule has 0 fully saturated rings. The van der Waals surface area contributed by atoms with Gasteiger partial charge in [-0.1, -0.05) is 13.0 Å². The number of hydrogen-bond acceptors (Lipinski definition) is 3. The summed E-state index contributed by atoms with van der Waals surface area (Å²) in [4.78, 5) is 4.29. The molecule has 0 radical (unpaired) electrons. The van der Waals surface area contributed by atoms with Gasteiger partial charge < -0.3 is 5.32 Å². The molecule has 0 saturated heterocycles. The third-order valence-corrected chi connectivity index (χ3v) is 4.97. The topological polar surface area (TPSA) is 12.0 Å². The van der Waals surface area contributed by atoms with Crippen LogP contribution in [0.5, 0.6) is 0 Å². The minimum absolute atomic E-state index is 0.495. The molecular formula is C14H19NS2. The van der Waals surface area contributed by atoms with E-state index in [1.54, 1.807) is 0 Å². The molecule has 0 amide bonds. The van der Waals surface area contributed by atoms with Gasteiger partial charge in [-0.15, -0.1) is 22.7 Å². The average Bonchev–Trinajstić information content (AvgIpc) is 2.90. The van der Waals surface area contributed by atoms with E-state index in [1.165, 1.54) is 20.2 Å². The van der Waals surface area contributed by atoms with Gasteiger partial charge in [0.05, 0.1) is 0 Å². The summed E-state index contributed by atoms with van der Waals surface area (Å²) >= 11 is 3.73. The smallest absolute Gasteiger partial charge is 0.0414 e. The maximum atomic E-state index is 3.66. The second-order valence-electron chi connectivity index (χ2n) is 4.30. The summed E-state index contributed by atoms with van der Waals surface area (Å²) in [5.74, 6) is 0. The summed E-state index contributed by atoms with van der Waals surface area (Å²) in [5, 5.41) is 5.81. The molecule has 0 bridgehead atoms. The fourth-order valence-corrected chi connectivity index (χ4v) is 3.86. The van der Waals surface area contributed by atoms with Crippen LogP contribution in [0.3, 0.4) is 0 Å². The summed E-state index contributed by atoms with van der Waals surface area (Å²) in [5.41, 5.74) is 1.45. The highest BCUT2D eigenvalue weighted by molar-refractivity contribution is 7.12. The van der Waals surface area contributed by atoms with Crippen molar-refractivity contribution in [2.24, 2.45) is 0 Å². The van der Waals surface area contributed by atoms with Crippen LogP contribution >= 0.6 is 22.7 Å². The summed E-state index contributed by atoms with van der Waals surface area (Å²) in [6.45, 7) is 7.61. The van der Waals surface area contributed by atoms with E-state index >= 15 is 0 Å². The van der Waals surface area contributed by atoms with E-state index in [1.807, 2.05) is 22.7 Å². The molecule has 3 heteroatoms. The SMILES string of the molecule is CCC(NCc1cc(C)sc1C)c1cccs1. The van der Waals surface area contributed by atoms with E-state index in [9.17, 15) is 0 Å². The molecule has 0 aliphatic heterocycles. The molecule has 92 valence electrons. The average molecular weight is 265 g/mol. The van der Waals surface area contributed by atoms with Crippen LogP contribution in [0.1, 0.15) is 39.6 Å². The Morgan fingerprint density at radius 1 is 1.35 bits per heavy atom. The molecule has 0 aromatic carbocycles. The van der Waals surface area contributed by atoms with Crippen molar-refractivity contribution in [2.75, 3.05) is 0 Å². The highest BCUT2D eigenvalue weighted by Gasteiger charge is 2.10. The van der Waals surface area contributed by atoms with E-state index in [-0.39, 0.29) is 0 Å². The Balaban J connectivity index is 1.99. The molecule has 0 aliphatic carbocycles. The van der Waals surface area contributed by atoms with Crippen molar-refractivity contribution in [1.82, 2.24) is 5.32 Å². The first-order valence-electron chi connectivity index (χ1n) is 6.03. The van der Waals surface area contributed by atoms with Crippen molar-refractivity contribution in [3.05, 3.63) is 43.8 Å². The maximum absolute atomic E-state index is 3.66. The monoisotopic (exact) mass is 265 g/mol. The van der Waals surface area contributed by atoms with Crippen LogP contribution in [0.15, 0.2) is 23.6 Å². The van der Waals surface area contributed by atoms with E-state index in [2.05, 4.69) is 49.7 Å². The second-order valence-corrected chi connectivity index (χ2v) is 6.74. The molecule has 0 spiro atoms. The molecular weight excluding hydrogens is 246 g/mol. The summed E-state index contributed by atoms with van der Waals surface area (Å²) in [6, 6.07) is 7.14. The molecule has 0 saturated carbocycles. The molecule has 0 aliphatic rings. The van der Waals surface area contributed by atoms with Gasteiger partial charge in [0.2, 0.25) is 0 Å². The molecule has 2 rings (SSSR count). The normalized spacial score (nSPS) is 12.9. The zero-order chi connectivity index (χ0) is 12.3. The molecule has 1 nitrogen and oxygen atoms in total.